The summed E-state index contributed by atoms with van der Waals surface area (Å²) in [7, 11) is -7.58. The molecule has 0 spiro atoms. The molecule has 1 aliphatic heterocycles. The van der Waals surface area contributed by atoms with Crippen molar-refractivity contribution < 1.29 is 16.8 Å². The van der Waals surface area contributed by atoms with Crippen molar-refractivity contribution in [3.63, 3.8) is 0 Å². The lowest BCUT2D eigenvalue weighted by Gasteiger charge is -2.14. The quantitative estimate of drug-likeness (QED) is 0.911. The summed E-state index contributed by atoms with van der Waals surface area (Å²) in [5.74, 6) is -0.486. The molecule has 0 aliphatic carbocycles. The molecular formula is C15H12N2O4S2. The lowest BCUT2D eigenvalue weighted by Crippen LogP contribution is -2.22. The summed E-state index contributed by atoms with van der Waals surface area (Å²) in [4.78, 5) is 0.0566. The van der Waals surface area contributed by atoms with Gasteiger partial charge in [-0.15, -0.1) is 0 Å². The van der Waals surface area contributed by atoms with Crippen molar-refractivity contribution in [1.29, 1.82) is 5.26 Å². The van der Waals surface area contributed by atoms with Gasteiger partial charge in [-0.3, -0.25) is 4.72 Å². The monoisotopic (exact) mass is 348 g/mol. The van der Waals surface area contributed by atoms with Crippen molar-refractivity contribution in [2.45, 2.75) is 10.1 Å². The van der Waals surface area contributed by atoms with Gasteiger partial charge in [0.15, 0.2) is 9.84 Å². The fraction of sp³-hybridized carbons (Fsp3) is 0.133. The van der Waals surface area contributed by atoms with Crippen molar-refractivity contribution in [3.05, 3.63) is 59.7 Å². The van der Waals surface area contributed by atoms with Crippen LogP contribution in [0.5, 0.6) is 0 Å². The number of sulfonamides is 1. The highest BCUT2D eigenvalue weighted by atomic mass is 32.2. The van der Waals surface area contributed by atoms with E-state index in [0.29, 0.717) is 5.56 Å². The van der Waals surface area contributed by atoms with Gasteiger partial charge in [-0.25, -0.2) is 16.8 Å². The van der Waals surface area contributed by atoms with Crippen LogP contribution in [-0.2, 0) is 19.9 Å². The summed E-state index contributed by atoms with van der Waals surface area (Å²) < 4.78 is 51.8. The molecule has 0 bridgehead atoms. The number of nitrogens with one attached hydrogen (secondary N) is 1. The zero-order valence-electron chi connectivity index (χ0n) is 11.8. The molecule has 6 nitrogen and oxygen atoms in total. The van der Waals surface area contributed by atoms with E-state index in [1.165, 1.54) is 24.3 Å². The maximum absolute atomic E-state index is 12.6. The van der Waals surface area contributed by atoms with Gasteiger partial charge in [-0.1, -0.05) is 24.3 Å². The Morgan fingerprint density at radius 3 is 2.61 bits per heavy atom. The normalized spacial score (nSPS) is 18.8. The molecule has 0 saturated heterocycles. The van der Waals surface area contributed by atoms with Crippen LogP contribution in [0.1, 0.15) is 16.4 Å². The topological polar surface area (TPSA) is 104 Å². The Labute approximate surface area is 134 Å². The first-order valence-electron chi connectivity index (χ1n) is 6.67. The van der Waals surface area contributed by atoms with E-state index in [1.807, 2.05) is 6.07 Å². The average Bonchev–Trinajstić information content (AvgIpc) is 2.80. The molecule has 2 aromatic rings. The molecule has 8 heteroatoms. The van der Waals surface area contributed by atoms with Gasteiger partial charge in [0, 0.05) is 5.69 Å². The first-order valence-corrected chi connectivity index (χ1v) is 9.87. The number of benzene rings is 2. The fourth-order valence-corrected chi connectivity index (χ4v) is 6.63. The maximum atomic E-state index is 12.6. The Balaban J connectivity index is 2.00. The molecule has 1 aliphatic rings. The van der Waals surface area contributed by atoms with Crippen molar-refractivity contribution in [2.75, 3.05) is 10.5 Å². The van der Waals surface area contributed by atoms with Crippen LogP contribution < -0.4 is 4.72 Å². The second-order valence-corrected chi connectivity index (χ2v) is 9.01. The van der Waals surface area contributed by atoms with Crippen molar-refractivity contribution in [1.82, 2.24) is 0 Å². The summed E-state index contributed by atoms with van der Waals surface area (Å²) in [5, 5.41) is 7.69. The highest BCUT2D eigenvalue weighted by Crippen LogP contribution is 2.38. The van der Waals surface area contributed by atoms with Gasteiger partial charge in [0.2, 0.25) is 10.0 Å². The van der Waals surface area contributed by atoms with Gasteiger partial charge in [0.05, 0.1) is 22.3 Å². The van der Waals surface area contributed by atoms with E-state index in [1.54, 1.807) is 24.3 Å². The van der Waals surface area contributed by atoms with Crippen LogP contribution in [0.3, 0.4) is 0 Å². The number of nitriles is 1. The highest BCUT2D eigenvalue weighted by Gasteiger charge is 2.42. The number of sulfone groups is 1. The van der Waals surface area contributed by atoms with Crippen LogP contribution in [0.4, 0.5) is 5.69 Å². The third-order valence-corrected chi connectivity index (χ3v) is 7.31. The second-order valence-electron chi connectivity index (χ2n) is 5.15. The predicted octanol–water partition coefficient (Wildman–Crippen LogP) is 1.83. The van der Waals surface area contributed by atoms with E-state index in [9.17, 15) is 16.8 Å². The summed E-state index contributed by atoms with van der Waals surface area (Å²) >= 11 is 0. The van der Waals surface area contributed by atoms with E-state index >= 15 is 0 Å². The van der Waals surface area contributed by atoms with Crippen LogP contribution in [0, 0.1) is 11.3 Å². The van der Waals surface area contributed by atoms with Crippen LogP contribution in [0.25, 0.3) is 0 Å². The lowest BCUT2D eigenvalue weighted by atomic mass is 10.2. The molecule has 1 unspecified atom stereocenters. The maximum Gasteiger partial charge on any atom is 0.240 e. The van der Waals surface area contributed by atoms with Gasteiger partial charge in [-0.2, -0.15) is 5.26 Å². The molecule has 1 atom stereocenters. The molecule has 2 aromatic carbocycles. The smallest absolute Gasteiger partial charge is 0.240 e. The van der Waals surface area contributed by atoms with E-state index in [4.69, 9.17) is 5.26 Å². The zero-order valence-corrected chi connectivity index (χ0v) is 13.4. The minimum Gasteiger partial charge on any atom is -0.283 e. The number of fused-ring (bicyclic) bond motifs is 1. The number of nitrogens with zero attached hydrogens (tertiary/aromatic N) is 1. The average molecular weight is 348 g/mol. The SMILES string of the molecule is N#Cc1cccc(NS(=O)(=O)C2CS(=O)(=O)c3ccccc32)c1. The fourth-order valence-electron chi connectivity index (χ4n) is 2.55. The van der Waals surface area contributed by atoms with E-state index in [2.05, 4.69) is 4.72 Å². The molecule has 0 saturated carbocycles. The number of anilines is 1. The Morgan fingerprint density at radius 2 is 1.87 bits per heavy atom. The van der Waals surface area contributed by atoms with Crippen molar-refractivity contribution >= 4 is 25.5 Å². The lowest BCUT2D eigenvalue weighted by molar-refractivity contribution is 0.586. The van der Waals surface area contributed by atoms with Crippen LogP contribution in [-0.4, -0.2) is 22.6 Å². The van der Waals surface area contributed by atoms with Gasteiger partial charge in [-0.05, 0) is 29.8 Å². The first kappa shape index (κ1) is 15.5. The van der Waals surface area contributed by atoms with Crippen LogP contribution in [0.15, 0.2) is 53.4 Å². The number of rotatable bonds is 3. The van der Waals surface area contributed by atoms with Crippen LogP contribution in [0.2, 0.25) is 0 Å². The molecule has 0 fully saturated rings. The molecule has 1 N–H and O–H groups in total. The predicted molar refractivity (Wildman–Crippen MR) is 84.9 cm³/mol. The van der Waals surface area contributed by atoms with Crippen LogP contribution >= 0.6 is 0 Å². The Kier molecular flexibility index (Phi) is 3.62. The van der Waals surface area contributed by atoms with Gasteiger partial charge in [0.25, 0.3) is 0 Å². The van der Waals surface area contributed by atoms with Gasteiger partial charge in [0.1, 0.15) is 5.25 Å². The number of hydrogen-bond donors (Lipinski definition) is 1. The first-order chi connectivity index (χ1) is 10.8. The van der Waals surface area contributed by atoms with E-state index < -0.39 is 30.9 Å². The third-order valence-electron chi connectivity index (χ3n) is 3.60. The second kappa shape index (κ2) is 5.37. The van der Waals surface area contributed by atoms with Gasteiger partial charge >= 0.3 is 0 Å². The Morgan fingerprint density at radius 1 is 1.13 bits per heavy atom. The minimum atomic E-state index is -3.96. The van der Waals surface area contributed by atoms with E-state index in [0.717, 1.165) is 0 Å². The van der Waals surface area contributed by atoms with Gasteiger partial charge < -0.3 is 0 Å². The molecule has 118 valence electrons. The molecule has 0 aromatic heterocycles. The summed E-state index contributed by atoms with van der Waals surface area (Å²) in [6, 6.07) is 14.0. The molecule has 0 amide bonds. The number of hydrogen-bond acceptors (Lipinski definition) is 5. The summed E-state index contributed by atoms with van der Waals surface area (Å²) in [6.45, 7) is 0. The molecular weight excluding hydrogens is 336 g/mol. The summed E-state index contributed by atoms with van der Waals surface area (Å²) in [5.41, 5.74) is 0.812. The standard InChI is InChI=1S/C15H12N2O4S2/c16-9-11-4-3-5-12(8-11)17-23(20,21)15-10-22(18,19)14-7-2-1-6-13(14)15/h1-8,15,17H,10H2. The Hall–Kier alpha value is -2.37. The molecule has 23 heavy (non-hydrogen) atoms. The molecule has 0 radical (unpaired) electrons. The van der Waals surface area contributed by atoms with Crippen molar-refractivity contribution in [2.24, 2.45) is 0 Å². The Bertz CT molecular complexity index is 1020. The zero-order chi connectivity index (χ0) is 16.7. The van der Waals surface area contributed by atoms with E-state index in [-0.39, 0.29) is 16.1 Å². The van der Waals surface area contributed by atoms with Crippen molar-refractivity contribution in [3.8, 4) is 6.07 Å². The minimum absolute atomic E-state index is 0.0566. The molecule has 3 rings (SSSR count). The largest absolute Gasteiger partial charge is 0.283 e. The highest BCUT2D eigenvalue weighted by molar-refractivity contribution is 7.96. The summed E-state index contributed by atoms with van der Waals surface area (Å²) in [6.07, 6.45) is 0. The molecule has 1 heterocycles. The third kappa shape index (κ3) is 2.81.